The molecule has 3 rings (SSSR count). The number of carboxylic acid groups (broad SMARTS) is 1. The van der Waals surface area contributed by atoms with Gasteiger partial charge in [-0.3, -0.25) is 4.79 Å². The van der Waals surface area contributed by atoms with Gasteiger partial charge in [0, 0.05) is 6.42 Å². The molecule has 0 saturated heterocycles. The molecule has 0 saturated carbocycles. The number of aliphatic carboxylic acids is 1. The van der Waals surface area contributed by atoms with Gasteiger partial charge < -0.3 is 9.52 Å². The third kappa shape index (κ3) is 3.00. The molecular formula is C15H12N2O3S. The van der Waals surface area contributed by atoms with E-state index in [0.717, 1.165) is 10.4 Å². The summed E-state index contributed by atoms with van der Waals surface area (Å²) < 4.78 is 5.56. The van der Waals surface area contributed by atoms with E-state index in [1.807, 2.05) is 35.7 Å². The fraction of sp³-hybridized carbons (Fsp3) is 0.133. The number of hydrogen-bond acceptors (Lipinski definition) is 5. The molecule has 3 aromatic rings. The summed E-state index contributed by atoms with van der Waals surface area (Å²) >= 11 is 1.50. The summed E-state index contributed by atoms with van der Waals surface area (Å²) in [6.07, 6.45) is 0.178. The highest BCUT2D eigenvalue weighted by atomic mass is 32.1. The van der Waals surface area contributed by atoms with Crippen molar-refractivity contribution in [1.29, 1.82) is 0 Å². The van der Waals surface area contributed by atoms with Crippen LogP contribution in [0.15, 0.2) is 52.3 Å². The van der Waals surface area contributed by atoms with Gasteiger partial charge in [0.15, 0.2) is 0 Å². The molecule has 1 aromatic carbocycles. The summed E-state index contributed by atoms with van der Waals surface area (Å²) in [5.74, 6) is -0.841. The van der Waals surface area contributed by atoms with Gasteiger partial charge in [0.25, 0.3) is 5.89 Å². The number of rotatable bonds is 5. The van der Waals surface area contributed by atoms with E-state index in [4.69, 9.17) is 4.42 Å². The van der Waals surface area contributed by atoms with Crippen molar-refractivity contribution in [2.45, 2.75) is 12.3 Å². The van der Waals surface area contributed by atoms with E-state index in [-0.39, 0.29) is 6.42 Å². The molecule has 0 bridgehead atoms. The maximum Gasteiger partial charge on any atom is 0.311 e. The molecule has 6 heteroatoms. The summed E-state index contributed by atoms with van der Waals surface area (Å²) in [5.41, 5.74) is 0.723. The average molecular weight is 300 g/mol. The zero-order chi connectivity index (χ0) is 14.7. The highest BCUT2D eigenvalue weighted by molar-refractivity contribution is 7.13. The SMILES string of the molecule is O=C(O)[C@@H](Cc1nnc(-c2cccs2)o1)c1ccccc1. The van der Waals surface area contributed by atoms with Gasteiger partial charge in [-0.15, -0.1) is 21.5 Å². The van der Waals surface area contributed by atoms with Crippen molar-refractivity contribution in [2.75, 3.05) is 0 Å². The Labute approximate surface area is 124 Å². The molecule has 0 radical (unpaired) electrons. The lowest BCUT2D eigenvalue weighted by Gasteiger charge is -2.09. The Morgan fingerprint density at radius 1 is 1.19 bits per heavy atom. The molecule has 0 aliphatic heterocycles. The van der Waals surface area contributed by atoms with Gasteiger partial charge in [-0.1, -0.05) is 36.4 Å². The van der Waals surface area contributed by atoms with Crippen LogP contribution in [0.1, 0.15) is 17.4 Å². The van der Waals surface area contributed by atoms with E-state index in [1.165, 1.54) is 11.3 Å². The maximum absolute atomic E-state index is 11.5. The molecular weight excluding hydrogens is 288 g/mol. The molecule has 21 heavy (non-hydrogen) atoms. The Hall–Kier alpha value is -2.47. The molecule has 1 atom stereocenters. The van der Waals surface area contributed by atoms with E-state index >= 15 is 0 Å². The molecule has 5 nitrogen and oxygen atoms in total. The van der Waals surface area contributed by atoms with Crippen molar-refractivity contribution in [3.05, 3.63) is 59.3 Å². The van der Waals surface area contributed by atoms with Gasteiger partial charge in [0.2, 0.25) is 5.89 Å². The number of thiophene rings is 1. The fourth-order valence-electron chi connectivity index (χ4n) is 2.04. The van der Waals surface area contributed by atoms with Crippen LogP contribution in [-0.4, -0.2) is 21.3 Å². The third-order valence-corrected chi connectivity index (χ3v) is 3.94. The van der Waals surface area contributed by atoms with Gasteiger partial charge in [0.1, 0.15) is 0 Å². The molecule has 2 aromatic heterocycles. The number of aromatic nitrogens is 2. The minimum atomic E-state index is -0.905. The Morgan fingerprint density at radius 3 is 2.67 bits per heavy atom. The second kappa shape index (κ2) is 5.88. The van der Waals surface area contributed by atoms with Crippen LogP contribution < -0.4 is 0 Å². The van der Waals surface area contributed by atoms with Crippen molar-refractivity contribution in [1.82, 2.24) is 10.2 Å². The lowest BCUT2D eigenvalue weighted by atomic mass is 9.96. The van der Waals surface area contributed by atoms with E-state index in [2.05, 4.69) is 10.2 Å². The van der Waals surface area contributed by atoms with E-state index in [1.54, 1.807) is 12.1 Å². The first-order valence-corrected chi connectivity index (χ1v) is 7.26. The number of benzene rings is 1. The first kappa shape index (κ1) is 13.5. The fourth-order valence-corrected chi connectivity index (χ4v) is 2.69. The summed E-state index contributed by atoms with van der Waals surface area (Å²) in [7, 11) is 0. The van der Waals surface area contributed by atoms with Crippen LogP contribution in [0.25, 0.3) is 10.8 Å². The van der Waals surface area contributed by atoms with Gasteiger partial charge >= 0.3 is 5.97 Å². The average Bonchev–Trinajstić information content (AvgIpc) is 3.16. The van der Waals surface area contributed by atoms with Crippen molar-refractivity contribution < 1.29 is 14.3 Å². The predicted molar refractivity (Wildman–Crippen MR) is 78.1 cm³/mol. The number of hydrogen-bond donors (Lipinski definition) is 1. The van der Waals surface area contributed by atoms with Crippen LogP contribution in [-0.2, 0) is 11.2 Å². The van der Waals surface area contributed by atoms with Crippen LogP contribution in [0.2, 0.25) is 0 Å². The number of nitrogens with zero attached hydrogens (tertiary/aromatic N) is 2. The third-order valence-electron chi connectivity index (χ3n) is 3.08. The topological polar surface area (TPSA) is 76.2 Å². The van der Waals surface area contributed by atoms with Gasteiger partial charge in [-0.2, -0.15) is 0 Å². The predicted octanol–water partition coefficient (Wildman–Crippen LogP) is 3.21. The van der Waals surface area contributed by atoms with Crippen molar-refractivity contribution >= 4 is 17.3 Å². The van der Waals surface area contributed by atoms with E-state index < -0.39 is 11.9 Å². The van der Waals surface area contributed by atoms with Crippen LogP contribution in [0.3, 0.4) is 0 Å². The molecule has 0 unspecified atom stereocenters. The zero-order valence-electron chi connectivity index (χ0n) is 11.0. The smallest absolute Gasteiger partial charge is 0.311 e. The molecule has 2 heterocycles. The monoisotopic (exact) mass is 300 g/mol. The van der Waals surface area contributed by atoms with E-state index in [0.29, 0.717) is 11.8 Å². The van der Waals surface area contributed by atoms with Gasteiger partial charge in [0.05, 0.1) is 10.8 Å². The highest BCUT2D eigenvalue weighted by Gasteiger charge is 2.23. The summed E-state index contributed by atoms with van der Waals surface area (Å²) in [5, 5.41) is 19.2. The normalized spacial score (nSPS) is 12.2. The van der Waals surface area contributed by atoms with Crippen LogP contribution >= 0.6 is 11.3 Å². The lowest BCUT2D eigenvalue weighted by molar-refractivity contribution is -0.138. The second-order valence-electron chi connectivity index (χ2n) is 4.48. The summed E-state index contributed by atoms with van der Waals surface area (Å²) in [4.78, 5) is 12.3. The molecule has 106 valence electrons. The minimum absolute atomic E-state index is 0.178. The molecule has 0 aliphatic carbocycles. The summed E-state index contributed by atoms with van der Waals surface area (Å²) in [6.45, 7) is 0. The zero-order valence-corrected chi connectivity index (χ0v) is 11.8. The van der Waals surface area contributed by atoms with Crippen LogP contribution in [0.4, 0.5) is 0 Å². The number of carbonyl (C=O) groups is 1. The Bertz CT molecular complexity index is 722. The molecule has 1 N–H and O–H groups in total. The standard InChI is InChI=1S/C15H12N2O3S/c18-15(19)11(10-5-2-1-3-6-10)9-13-16-17-14(20-13)12-7-4-8-21-12/h1-8,11H,9H2,(H,18,19)/t11-/m0/s1. The van der Waals surface area contributed by atoms with Crippen molar-refractivity contribution in [3.8, 4) is 10.8 Å². The molecule has 0 amide bonds. The van der Waals surface area contributed by atoms with Crippen molar-refractivity contribution in [3.63, 3.8) is 0 Å². The second-order valence-corrected chi connectivity index (χ2v) is 5.43. The first-order valence-electron chi connectivity index (χ1n) is 6.38. The molecule has 0 spiro atoms. The molecule has 0 fully saturated rings. The quantitative estimate of drug-likeness (QED) is 0.783. The maximum atomic E-state index is 11.5. The van der Waals surface area contributed by atoms with Gasteiger partial charge in [-0.05, 0) is 17.0 Å². The summed E-state index contributed by atoms with van der Waals surface area (Å²) in [6, 6.07) is 12.8. The molecule has 0 aliphatic rings. The Morgan fingerprint density at radius 2 is 2.00 bits per heavy atom. The van der Waals surface area contributed by atoms with E-state index in [9.17, 15) is 9.90 Å². The Kier molecular flexibility index (Phi) is 3.79. The Balaban J connectivity index is 1.82. The largest absolute Gasteiger partial charge is 0.481 e. The first-order chi connectivity index (χ1) is 10.2. The minimum Gasteiger partial charge on any atom is -0.481 e. The number of carboxylic acids is 1. The highest BCUT2D eigenvalue weighted by Crippen LogP contribution is 2.26. The van der Waals surface area contributed by atoms with Crippen LogP contribution in [0, 0.1) is 0 Å². The lowest BCUT2D eigenvalue weighted by Crippen LogP contribution is -2.14. The van der Waals surface area contributed by atoms with Crippen molar-refractivity contribution in [2.24, 2.45) is 0 Å². The van der Waals surface area contributed by atoms with Gasteiger partial charge in [-0.25, -0.2) is 0 Å². The van der Waals surface area contributed by atoms with Crippen LogP contribution in [0.5, 0.6) is 0 Å².